The molecule has 0 unspecified atom stereocenters. The first kappa shape index (κ1) is 38.2. The van der Waals surface area contributed by atoms with Gasteiger partial charge in [0.05, 0.1) is 11.4 Å². The number of rotatable bonds is 11. The number of nitrogens with zero attached hydrogens (tertiary/aromatic N) is 2. The molecule has 0 atom stereocenters. The van der Waals surface area contributed by atoms with Crippen LogP contribution in [0, 0.1) is 11.1 Å². The molecule has 0 aliphatic carbocycles. The number of hydrogen-bond donors (Lipinski definition) is 6. The van der Waals surface area contributed by atoms with Gasteiger partial charge < -0.3 is 11.5 Å². The van der Waals surface area contributed by atoms with E-state index in [2.05, 4.69) is 10.2 Å². The SMILES string of the molecule is CCc1cc(-c2cc(CC)c(-c3c(S(=O)(=O)O)c(N=N)c(N)c4ccccc34)c(CC)c2)cc(CC)c1-c1c(S(=O)(=O)O)c(N=N)c(N)c2ccccc12. The minimum atomic E-state index is -4.92. The number of hydrogen-bond acceptors (Lipinski definition) is 10. The fourth-order valence-electron chi connectivity index (χ4n) is 7.70. The Morgan fingerprint density at radius 3 is 1.04 bits per heavy atom. The van der Waals surface area contributed by atoms with Crippen LogP contribution >= 0.6 is 0 Å². The molecule has 0 saturated heterocycles. The lowest BCUT2D eigenvalue weighted by Gasteiger charge is -2.23. The first-order valence-corrected chi connectivity index (χ1v) is 20.2. The van der Waals surface area contributed by atoms with Gasteiger partial charge in [0, 0.05) is 21.9 Å². The van der Waals surface area contributed by atoms with Crippen molar-refractivity contribution in [1.29, 1.82) is 11.1 Å². The van der Waals surface area contributed by atoms with Gasteiger partial charge in [-0.1, -0.05) is 100 Å². The second-order valence-corrected chi connectivity index (χ2v) is 15.7. The highest BCUT2D eigenvalue weighted by molar-refractivity contribution is 7.86. The number of fused-ring (bicyclic) bond motifs is 2. The molecule has 6 aromatic carbocycles. The smallest absolute Gasteiger partial charge is 0.297 e. The second-order valence-electron chi connectivity index (χ2n) is 13.0. The van der Waals surface area contributed by atoms with Crippen LogP contribution in [0.15, 0.2) is 92.8 Å². The third-order valence-electron chi connectivity index (χ3n) is 10.1. The van der Waals surface area contributed by atoms with Gasteiger partial charge >= 0.3 is 0 Å². The highest BCUT2D eigenvalue weighted by atomic mass is 32.2. The van der Waals surface area contributed by atoms with E-state index in [1.54, 1.807) is 48.5 Å². The summed E-state index contributed by atoms with van der Waals surface area (Å²) >= 11 is 0. The average Bonchev–Trinajstić information content (AvgIpc) is 3.16. The summed E-state index contributed by atoms with van der Waals surface area (Å²) < 4.78 is 73.6. The third-order valence-corrected chi connectivity index (χ3v) is 11.9. The largest absolute Gasteiger partial charge is 0.396 e. The predicted molar refractivity (Wildman–Crippen MR) is 213 cm³/mol. The first-order chi connectivity index (χ1) is 25.7. The lowest BCUT2D eigenvalue weighted by atomic mass is 9.83. The summed E-state index contributed by atoms with van der Waals surface area (Å²) in [6, 6.07) is 21.8. The Bertz CT molecular complexity index is 2540. The van der Waals surface area contributed by atoms with E-state index in [4.69, 9.17) is 22.5 Å². The molecule has 14 heteroatoms. The lowest BCUT2D eigenvalue weighted by molar-refractivity contribution is 0.481. The molecule has 6 aromatic rings. The first-order valence-electron chi connectivity index (χ1n) is 17.4. The standard InChI is InChI=1S/C40H40N6O6S2/c1-5-21-17-25(18-22(6-2)31(21)33-27-13-9-11-15-29(27)35(41)37(45-43)39(33)53(47,48)49)26-19-23(7-3)32(24(8-4)20-26)34-28-14-10-12-16-30(28)36(42)38(46-44)40(34)54(50,51)52/h9-20,43-44H,5-8,41-42H2,1-4H3,(H,47,48,49)(H,50,51,52). The molecule has 0 fully saturated rings. The third kappa shape index (κ3) is 6.20. The van der Waals surface area contributed by atoms with Crippen molar-refractivity contribution in [3.05, 3.63) is 95.1 Å². The normalized spacial score (nSPS) is 12.0. The van der Waals surface area contributed by atoms with Crippen LogP contribution in [0.4, 0.5) is 22.7 Å². The van der Waals surface area contributed by atoms with Crippen LogP contribution in [0.3, 0.4) is 0 Å². The number of nitrogens with two attached hydrogens (primary N) is 2. The minimum absolute atomic E-state index is 0.0291. The Kier molecular flexibility index (Phi) is 10.2. The Morgan fingerprint density at radius 1 is 0.519 bits per heavy atom. The summed E-state index contributed by atoms with van der Waals surface area (Å²) in [4.78, 5) is -1.05. The van der Waals surface area contributed by atoms with Crippen LogP contribution in [-0.4, -0.2) is 25.9 Å². The summed E-state index contributed by atoms with van der Waals surface area (Å²) in [7, 11) is -9.84. The van der Waals surface area contributed by atoms with E-state index >= 15 is 0 Å². The van der Waals surface area contributed by atoms with Gasteiger partial charge in [-0.25, -0.2) is 11.1 Å². The molecule has 0 radical (unpaired) electrons. The van der Waals surface area contributed by atoms with E-state index in [1.807, 2.05) is 52.0 Å². The summed E-state index contributed by atoms with van der Waals surface area (Å²) in [6.45, 7) is 7.78. The van der Waals surface area contributed by atoms with Crippen molar-refractivity contribution in [3.8, 4) is 33.4 Å². The number of benzene rings is 6. The lowest BCUT2D eigenvalue weighted by Crippen LogP contribution is -2.08. The second kappa shape index (κ2) is 14.4. The van der Waals surface area contributed by atoms with E-state index in [1.165, 1.54) is 0 Å². The van der Waals surface area contributed by atoms with Crippen molar-refractivity contribution in [2.75, 3.05) is 11.5 Å². The Morgan fingerprint density at radius 2 is 0.796 bits per heavy atom. The van der Waals surface area contributed by atoms with Crippen molar-refractivity contribution in [2.24, 2.45) is 10.2 Å². The fraction of sp³-hybridized carbons (Fsp3) is 0.200. The highest BCUT2D eigenvalue weighted by Crippen LogP contribution is 2.50. The van der Waals surface area contributed by atoms with Crippen molar-refractivity contribution < 1.29 is 25.9 Å². The summed E-state index contributed by atoms with van der Waals surface area (Å²) in [5, 5.41) is 8.94. The summed E-state index contributed by atoms with van der Waals surface area (Å²) in [5.41, 5.74) is 34.1. The van der Waals surface area contributed by atoms with E-state index in [0.717, 1.165) is 33.4 Å². The summed E-state index contributed by atoms with van der Waals surface area (Å²) in [6.07, 6.45) is 1.89. The predicted octanol–water partition coefficient (Wildman–Crippen LogP) is 10.2. The number of nitrogens with one attached hydrogen (secondary N) is 2. The maximum Gasteiger partial charge on any atom is 0.297 e. The van der Waals surface area contributed by atoms with Gasteiger partial charge in [-0.15, -0.1) is 0 Å². The van der Waals surface area contributed by atoms with Crippen molar-refractivity contribution in [3.63, 3.8) is 0 Å². The van der Waals surface area contributed by atoms with Crippen LogP contribution < -0.4 is 11.5 Å². The zero-order valence-corrected chi connectivity index (χ0v) is 31.8. The fourth-order valence-corrected chi connectivity index (χ4v) is 9.44. The number of aryl methyl sites for hydroxylation is 4. The number of anilines is 2. The summed E-state index contributed by atoms with van der Waals surface area (Å²) in [5.74, 6) is 0. The van der Waals surface area contributed by atoms with Crippen molar-refractivity contribution in [2.45, 2.75) is 63.2 Å². The topological polar surface area (TPSA) is 233 Å². The number of nitrogen functional groups attached to an aromatic ring is 2. The Balaban J connectivity index is 1.71. The molecule has 0 aliphatic rings. The monoisotopic (exact) mass is 764 g/mol. The molecule has 0 bridgehead atoms. The molecule has 0 saturated carbocycles. The van der Waals surface area contributed by atoms with Gasteiger partial charge in [0.15, 0.2) is 0 Å². The molecular weight excluding hydrogens is 725 g/mol. The quantitative estimate of drug-likeness (QED) is 0.0421. The maximum absolute atomic E-state index is 13.1. The average molecular weight is 765 g/mol. The Labute approximate surface area is 313 Å². The molecule has 0 aromatic heterocycles. The van der Waals surface area contributed by atoms with Crippen LogP contribution in [0.5, 0.6) is 0 Å². The molecule has 8 N–H and O–H groups in total. The molecule has 0 heterocycles. The zero-order chi connectivity index (χ0) is 39.3. The van der Waals surface area contributed by atoms with Gasteiger partial charge in [0.25, 0.3) is 20.2 Å². The van der Waals surface area contributed by atoms with Crippen molar-refractivity contribution >= 4 is 64.5 Å². The van der Waals surface area contributed by atoms with Crippen molar-refractivity contribution in [1.82, 2.24) is 0 Å². The van der Waals surface area contributed by atoms with E-state index in [-0.39, 0.29) is 33.9 Å². The van der Waals surface area contributed by atoms with E-state index in [0.29, 0.717) is 58.4 Å². The van der Waals surface area contributed by atoms with Gasteiger partial charge in [0.2, 0.25) is 0 Å². The molecule has 0 amide bonds. The molecule has 278 valence electrons. The molecule has 6 rings (SSSR count). The van der Waals surface area contributed by atoms with Gasteiger partial charge in [0.1, 0.15) is 21.2 Å². The molecule has 0 spiro atoms. The van der Waals surface area contributed by atoms with Crippen LogP contribution in [-0.2, 0) is 45.9 Å². The van der Waals surface area contributed by atoms with Crippen LogP contribution in [0.1, 0.15) is 49.9 Å². The van der Waals surface area contributed by atoms with Crippen LogP contribution in [0.25, 0.3) is 54.9 Å². The maximum atomic E-state index is 13.1. The minimum Gasteiger partial charge on any atom is -0.396 e. The van der Waals surface area contributed by atoms with E-state index in [9.17, 15) is 25.9 Å². The van der Waals surface area contributed by atoms with Gasteiger partial charge in [-0.3, -0.25) is 9.11 Å². The van der Waals surface area contributed by atoms with Gasteiger partial charge in [-0.2, -0.15) is 27.1 Å². The Hall–Kier alpha value is -5.54. The van der Waals surface area contributed by atoms with Gasteiger partial charge in [-0.05, 0) is 81.0 Å². The molecule has 12 nitrogen and oxygen atoms in total. The van der Waals surface area contributed by atoms with E-state index < -0.39 is 30.0 Å². The highest BCUT2D eigenvalue weighted by Gasteiger charge is 2.32. The van der Waals surface area contributed by atoms with Crippen LogP contribution in [0.2, 0.25) is 0 Å². The zero-order valence-electron chi connectivity index (χ0n) is 30.1. The molecular formula is C40H40N6O6S2. The molecule has 0 aliphatic heterocycles. The molecule has 54 heavy (non-hydrogen) atoms.